The molecule has 1 atom stereocenters. The Balaban J connectivity index is 1.59. The van der Waals surface area contributed by atoms with Gasteiger partial charge in [-0.05, 0) is 43.5 Å². The van der Waals surface area contributed by atoms with E-state index in [4.69, 9.17) is 4.74 Å². The number of ether oxygens (including phenoxy) is 1. The topological polar surface area (TPSA) is 41.6 Å². The molecule has 1 N–H and O–H groups in total. The van der Waals surface area contributed by atoms with E-state index in [1.165, 1.54) is 5.56 Å². The number of likely N-dealkylation sites (tertiary alicyclic amines) is 1. The van der Waals surface area contributed by atoms with Gasteiger partial charge in [0.2, 0.25) is 5.91 Å². The van der Waals surface area contributed by atoms with Crippen LogP contribution in [0, 0.1) is 5.92 Å². The quantitative estimate of drug-likeness (QED) is 0.806. The van der Waals surface area contributed by atoms with Crippen LogP contribution in [-0.4, -0.2) is 30.5 Å². The molecule has 0 bridgehead atoms. The Labute approximate surface area is 156 Å². The molecule has 26 heavy (non-hydrogen) atoms. The van der Waals surface area contributed by atoms with Crippen LogP contribution < -0.4 is 10.1 Å². The first-order valence-corrected chi connectivity index (χ1v) is 9.55. The van der Waals surface area contributed by atoms with Crippen LogP contribution in [0.5, 0.6) is 5.75 Å². The molecule has 1 unspecified atom stereocenters. The average molecular weight is 352 g/mol. The Bertz CT molecular complexity index is 702. The Hall–Kier alpha value is -2.33. The average Bonchev–Trinajstić information content (AvgIpc) is 2.68. The molecule has 0 aromatic heterocycles. The second-order valence-electron chi connectivity index (χ2n) is 6.89. The highest BCUT2D eigenvalue weighted by atomic mass is 16.5. The minimum Gasteiger partial charge on any atom is -0.491 e. The van der Waals surface area contributed by atoms with E-state index >= 15 is 0 Å². The summed E-state index contributed by atoms with van der Waals surface area (Å²) in [6.45, 7) is 5.49. The van der Waals surface area contributed by atoms with E-state index < -0.39 is 0 Å². The van der Waals surface area contributed by atoms with Gasteiger partial charge in [-0.25, -0.2) is 0 Å². The Kier molecular flexibility index (Phi) is 6.67. The number of carbonyl (C=O) groups excluding carboxylic acids is 1. The molecular formula is C22H28N2O2. The number of hydrogen-bond acceptors (Lipinski definition) is 3. The number of nitrogens with zero attached hydrogens (tertiary/aromatic N) is 1. The van der Waals surface area contributed by atoms with Gasteiger partial charge in [0.25, 0.3) is 0 Å². The maximum Gasteiger partial charge on any atom is 0.228 e. The van der Waals surface area contributed by atoms with Gasteiger partial charge in [0, 0.05) is 13.1 Å². The molecular weight excluding hydrogens is 324 g/mol. The summed E-state index contributed by atoms with van der Waals surface area (Å²) in [5.41, 5.74) is 2.07. The molecule has 1 amide bonds. The van der Waals surface area contributed by atoms with E-state index in [1.54, 1.807) is 0 Å². The van der Waals surface area contributed by atoms with Crippen molar-refractivity contribution >= 4 is 11.6 Å². The monoisotopic (exact) mass is 352 g/mol. The SMILES string of the molecule is CCCOc1ccccc1NC(=O)C1CCCN(Cc2ccccc2)C1. The smallest absolute Gasteiger partial charge is 0.228 e. The normalized spacial score (nSPS) is 17.7. The first-order chi connectivity index (χ1) is 12.8. The molecule has 1 saturated heterocycles. The van der Waals surface area contributed by atoms with Crippen molar-refractivity contribution in [3.63, 3.8) is 0 Å². The number of carbonyl (C=O) groups is 1. The fraction of sp³-hybridized carbons (Fsp3) is 0.409. The molecule has 2 aromatic carbocycles. The van der Waals surface area contributed by atoms with Gasteiger partial charge >= 0.3 is 0 Å². The molecule has 1 fully saturated rings. The van der Waals surface area contributed by atoms with E-state index in [0.717, 1.165) is 50.3 Å². The predicted molar refractivity (Wildman–Crippen MR) is 105 cm³/mol. The Morgan fingerprint density at radius 2 is 1.92 bits per heavy atom. The lowest BCUT2D eigenvalue weighted by Gasteiger charge is -2.32. The molecule has 4 nitrogen and oxygen atoms in total. The van der Waals surface area contributed by atoms with Crippen LogP contribution in [0.2, 0.25) is 0 Å². The van der Waals surface area contributed by atoms with Crippen LogP contribution >= 0.6 is 0 Å². The van der Waals surface area contributed by atoms with Gasteiger partial charge in [0.1, 0.15) is 5.75 Å². The van der Waals surface area contributed by atoms with Crippen LogP contribution in [0.25, 0.3) is 0 Å². The maximum absolute atomic E-state index is 12.8. The summed E-state index contributed by atoms with van der Waals surface area (Å²) in [6, 6.07) is 18.1. The van der Waals surface area contributed by atoms with Crippen LogP contribution in [-0.2, 0) is 11.3 Å². The van der Waals surface area contributed by atoms with Crippen LogP contribution in [0.3, 0.4) is 0 Å². The van der Waals surface area contributed by atoms with Gasteiger partial charge < -0.3 is 10.1 Å². The van der Waals surface area contributed by atoms with Crippen molar-refractivity contribution in [3.05, 3.63) is 60.2 Å². The number of benzene rings is 2. The van der Waals surface area contributed by atoms with E-state index in [1.807, 2.05) is 30.3 Å². The van der Waals surface area contributed by atoms with Gasteiger partial charge in [0.05, 0.1) is 18.2 Å². The van der Waals surface area contributed by atoms with Crippen LogP contribution in [0.1, 0.15) is 31.7 Å². The summed E-state index contributed by atoms with van der Waals surface area (Å²) in [5, 5.41) is 3.08. The number of anilines is 1. The molecule has 1 heterocycles. The fourth-order valence-electron chi connectivity index (χ4n) is 3.40. The Morgan fingerprint density at radius 1 is 1.15 bits per heavy atom. The third-order valence-electron chi connectivity index (χ3n) is 4.73. The summed E-state index contributed by atoms with van der Waals surface area (Å²) in [7, 11) is 0. The largest absolute Gasteiger partial charge is 0.491 e. The summed E-state index contributed by atoms with van der Waals surface area (Å²) >= 11 is 0. The first kappa shape index (κ1) is 18.5. The van der Waals surface area contributed by atoms with E-state index in [0.29, 0.717) is 6.61 Å². The summed E-state index contributed by atoms with van der Waals surface area (Å²) < 4.78 is 5.75. The highest BCUT2D eigenvalue weighted by Gasteiger charge is 2.26. The molecule has 2 aromatic rings. The van der Waals surface area contributed by atoms with Crippen molar-refractivity contribution in [2.75, 3.05) is 25.0 Å². The molecule has 4 heteroatoms. The standard InChI is InChI=1S/C22H28N2O2/c1-2-15-26-21-13-7-6-12-20(21)23-22(25)19-11-8-14-24(17-19)16-18-9-4-3-5-10-18/h3-7,9-10,12-13,19H,2,8,11,14-17H2,1H3,(H,23,25). The molecule has 0 radical (unpaired) electrons. The first-order valence-electron chi connectivity index (χ1n) is 9.55. The van der Waals surface area contributed by atoms with E-state index in [2.05, 4.69) is 41.4 Å². The molecule has 0 spiro atoms. The lowest BCUT2D eigenvalue weighted by molar-refractivity contribution is -0.121. The lowest BCUT2D eigenvalue weighted by atomic mass is 9.96. The molecule has 0 aliphatic carbocycles. The van der Waals surface area contributed by atoms with Gasteiger partial charge in [0.15, 0.2) is 0 Å². The zero-order valence-electron chi connectivity index (χ0n) is 15.5. The van der Waals surface area contributed by atoms with Crippen LogP contribution in [0.4, 0.5) is 5.69 Å². The van der Waals surface area contributed by atoms with Crippen LogP contribution in [0.15, 0.2) is 54.6 Å². The Morgan fingerprint density at radius 3 is 2.73 bits per heavy atom. The van der Waals surface area contributed by atoms with Gasteiger partial charge in [-0.1, -0.05) is 49.4 Å². The number of hydrogen-bond donors (Lipinski definition) is 1. The van der Waals surface area contributed by atoms with Gasteiger partial charge in [-0.3, -0.25) is 9.69 Å². The van der Waals surface area contributed by atoms with E-state index in [-0.39, 0.29) is 11.8 Å². The minimum absolute atomic E-state index is 0.0201. The van der Waals surface area contributed by atoms with Crippen molar-refractivity contribution in [1.29, 1.82) is 0 Å². The number of para-hydroxylation sites is 2. The molecule has 3 rings (SSSR count). The predicted octanol–water partition coefficient (Wildman–Crippen LogP) is 4.33. The van der Waals surface area contributed by atoms with Crippen molar-refractivity contribution in [3.8, 4) is 5.75 Å². The summed E-state index contributed by atoms with van der Waals surface area (Å²) in [4.78, 5) is 15.2. The van der Waals surface area contributed by atoms with Crippen molar-refractivity contribution in [2.45, 2.75) is 32.7 Å². The summed E-state index contributed by atoms with van der Waals surface area (Å²) in [6.07, 6.45) is 2.94. The maximum atomic E-state index is 12.8. The second kappa shape index (κ2) is 9.39. The second-order valence-corrected chi connectivity index (χ2v) is 6.89. The van der Waals surface area contributed by atoms with Crippen molar-refractivity contribution < 1.29 is 9.53 Å². The molecule has 138 valence electrons. The molecule has 1 aliphatic rings. The number of nitrogens with one attached hydrogen (secondary N) is 1. The number of piperidine rings is 1. The number of amides is 1. The minimum atomic E-state index is 0.0201. The van der Waals surface area contributed by atoms with Gasteiger partial charge in [-0.2, -0.15) is 0 Å². The third-order valence-corrected chi connectivity index (χ3v) is 4.73. The highest BCUT2D eigenvalue weighted by Crippen LogP contribution is 2.26. The summed E-state index contributed by atoms with van der Waals surface area (Å²) in [5.74, 6) is 0.863. The van der Waals surface area contributed by atoms with Gasteiger partial charge in [-0.15, -0.1) is 0 Å². The molecule has 1 aliphatic heterocycles. The fourth-order valence-corrected chi connectivity index (χ4v) is 3.40. The van der Waals surface area contributed by atoms with Crippen molar-refractivity contribution in [2.24, 2.45) is 5.92 Å². The highest BCUT2D eigenvalue weighted by molar-refractivity contribution is 5.94. The van der Waals surface area contributed by atoms with Crippen molar-refractivity contribution in [1.82, 2.24) is 4.90 Å². The zero-order chi connectivity index (χ0) is 18.2. The zero-order valence-corrected chi connectivity index (χ0v) is 15.5. The lowest BCUT2D eigenvalue weighted by Crippen LogP contribution is -2.40. The molecule has 0 saturated carbocycles. The third kappa shape index (κ3) is 5.09. The number of rotatable bonds is 7. The van der Waals surface area contributed by atoms with E-state index in [9.17, 15) is 4.79 Å².